The molecule has 0 amide bonds. The number of ether oxygens (including phenoxy) is 7. The van der Waals surface area contributed by atoms with E-state index in [1.807, 2.05) is 0 Å². The third kappa shape index (κ3) is 33.2. The highest BCUT2D eigenvalue weighted by Crippen LogP contribution is 2.10. The molecule has 0 aliphatic rings. The number of rotatable bonds is 31. The van der Waals surface area contributed by atoms with Gasteiger partial charge in [0.1, 0.15) is 6.61 Å². The lowest BCUT2D eigenvalue weighted by molar-refractivity contribution is -0.142. The first kappa shape index (κ1) is 34.2. The molecule has 9 nitrogen and oxygen atoms in total. The van der Waals surface area contributed by atoms with E-state index in [4.69, 9.17) is 38.3 Å². The van der Waals surface area contributed by atoms with Crippen molar-refractivity contribution >= 4 is 5.97 Å². The normalized spacial score (nSPS) is 11.3. The van der Waals surface area contributed by atoms with E-state index in [0.717, 1.165) is 13.0 Å². The Morgan fingerprint density at radius 1 is 0.429 bits per heavy atom. The van der Waals surface area contributed by atoms with Gasteiger partial charge in [-0.1, -0.05) is 64.7 Å². The van der Waals surface area contributed by atoms with E-state index in [1.54, 1.807) is 0 Å². The largest absolute Gasteiger partial charge is 0.480 e. The van der Waals surface area contributed by atoms with E-state index in [-0.39, 0.29) is 13.2 Å². The van der Waals surface area contributed by atoms with Crippen molar-refractivity contribution in [2.45, 2.75) is 71.1 Å². The van der Waals surface area contributed by atoms with Gasteiger partial charge in [0.2, 0.25) is 0 Å². The summed E-state index contributed by atoms with van der Waals surface area (Å²) in [5.74, 6) is -0.984. The van der Waals surface area contributed by atoms with Crippen molar-refractivity contribution in [1.82, 2.24) is 0 Å². The van der Waals surface area contributed by atoms with Crippen LogP contribution in [0.2, 0.25) is 0 Å². The number of hydrogen-bond donors (Lipinski definition) is 1. The summed E-state index contributed by atoms with van der Waals surface area (Å²) in [6.07, 6.45) is 13.4. The Kier molecular flexibility index (Phi) is 30.5. The van der Waals surface area contributed by atoms with Gasteiger partial charge in [-0.3, -0.25) is 0 Å². The fraction of sp³-hybridized carbons (Fsp3) is 0.962. The van der Waals surface area contributed by atoms with Gasteiger partial charge >= 0.3 is 5.97 Å². The molecular formula is C26H52O9. The van der Waals surface area contributed by atoms with Crippen LogP contribution in [0.1, 0.15) is 71.1 Å². The molecule has 1 N–H and O–H groups in total. The molecule has 9 heteroatoms. The van der Waals surface area contributed by atoms with Gasteiger partial charge in [-0.25, -0.2) is 4.79 Å². The van der Waals surface area contributed by atoms with Gasteiger partial charge in [0, 0.05) is 6.61 Å². The molecule has 0 fully saturated rings. The molecule has 0 aromatic carbocycles. The van der Waals surface area contributed by atoms with E-state index in [2.05, 4.69) is 6.92 Å². The summed E-state index contributed by atoms with van der Waals surface area (Å²) < 4.78 is 37.4. The van der Waals surface area contributed by atoms with Crippen molar-refractivity contribution in [2.24, 2.45) is 0 Å². The fourth-order valence-corrected chi connectivity index (χ4v) is 3.17. The molecular weight excluding hydrogens is 456 g/mol. The first-order valence-electron chi connectivity index (χ1n) is 13.5. The van der Waals surface area contributed by atoms with Gasteiger partial charge in [-0.05, 0) is 6.42 Å². The van der Waals surface area contributed by atoms with Crippen molar-refractivity contribution in [3.05, 3.63) is 0 Å². The minimum absolute atomic E-state index is 0.258. The number of carbonyl (C=O) groups is 1. The number of unbranched alkanes of at least 4 members (excludes halogenated alkanes) is 9. The first-order valence-corrected chi connectivity index (χ1v) is 13.5. The Balaban J connectivity index is 3.01. The summed E-state index contributed by atoms with van der Waals surface area (Å²) in [6.45, 7) is 8.67. The fourth-order valence-electron chi connectivity index (χ4n) is 3.17. The number of carboxylic acid groups (broad SMARTS) is 1. The SMILES string of the molecule is CCCCCCCCCCCCOCCOCCOCCOCCOCCOCCOCC(=O)O. The maximum absolute atomic E-state index is 10.2. The minimum Gasteiger partial charge on any atom is -0.480 e. The van der Waals surface area contributed by atoms with Crippen LogP contribution in [0.25, 0.3) is 0 Å². The summed E-state index contributed by atoms with van der Waals surface area (Å²) in [4.78, 5) is 10.2. The van der Waals surface area contributed by atoms with Crippen LogP contribution >= 0.6 is 0 Å². The molecule has 0 atom stereocenters. The maximum atomic E-state index is 10.2. The van der Waals surface area contributed by atoms with Crippen LogP contribution in [0.3, 0.4) is 0 Å². The van der Waals surface area contributed by atoms with E-state index in [1.165, 1.54) is 57.8 Å². The molecule has 0 spiro atoms. The van der Waals surface area contributed by atoms with Crippen LogP contribution < -0.4 is 0 Å². The van der Waals surface area contributed by atoms with Crippen LogP contribution in [0.15, 0.2) is 0 Å². The Bertz CT molecular complexity index is 410. The average Bonchev–Trinajstić information content (AvgIpc) is 2.85. The highest BCUT2D eigenvalue weighted by molar-refractivity contribution is 5.67. The maximum Gasteiger partial charge on any atom is 0.329 e. The monoisotopic (exact) mass is 508 g/mol. The van der Waals surface area contributed by atoms with Gasteiger partial charge in [-0.2, -0.15) is 0 Å². The van der Waals surface area contributed by atoms with Gasteiger partial charge in [0.05, 0.1) is 79.3 Å². The molecule has 0 saturated heterocycles. The zero-order valence-electron chi connectivity index (χ0n) is 22.2. The lowest BCUT2D eigenvalue weighted by Crippen LogP contribution is -2.15. The standard InChI is InChI=1S/C26H52O9/c1-2-3-4-5-6-7-8-9-10-11-12-29-13-14-30-15-16-31-17-18-32-19-20-33-21-22-34-23-24-35-25-26(27)28/h2-25H2,1H3,(H,27,28). The Hall–Kier alpha value is -0.810. The predicted octanol–water partition coefficient (Wildman–Crippen LogP) is 4.11. The molecule has 0 aromatic heterocycles. The molecule has 0 unspecified atom stereocenters. The van der Waals surface area contributed by atoms with E-state index >= 15 is 0 Å². The predicted molar refractivity (Wildman–Crippen MR) is 135 cm³/mol. The van der Waals surface area contributed by atoms with Crippen LogP contribution in [0.5, 0.6) is 0 Å². The van der Waals surface area contributed by atoms with E-state index in [0.29, 0.717) is 72.7 Å². The summed E-state index contributed by atoms with van der Waals surface area (Å²) in [5, 5.41) is 8.40. The van der Waals surface area contributed by atoms with Gasteiger partial charge in [0.15, 0.2) is 0 Å². The van der Waals surface area contributed by atoms with Crippen molar-refractivity contribution in [3.8, 4) is 0 Å². The van der Waals surface area contributed by atoms with Crippen LogP contribution in [0.4, 0.5) is 0 Å². The molecule has 0 rings (SSSR count). The number of hydrogen-bond acceptors (Lipinski definition) is 8. The van der Waals surface area contributed by atoms with Crippen LogP contribution in [-0.4, -0.2) is 104 Å². The van der Waals surface area contributed by atoms with Crippen molar-refractivity contribution < 1.29 is 43.1 Å². The first-order chi connectivity index (χ1) is 17.3. The highest BCUT2D eigenvalue weighted by Gasteiger charge is 1.97. The second kappa shape index (κ2) is 31.2. The van der Waals surface area contributed by atoms with Gasteiger partial charge < -0.3 is 38.3 Å². The third-order valence-corrected chi connectivity index (χ3v) is 5.10. The number of carboxylic acids is 1. The molecule has 0 aromatic rings. The summed E-state index contributed by atoms with van der Waals surface area (Å²) in [7, 11) is 0. The second-order valence-corrected chi connectivity index (χ2v) is 8.30. The van der Waals surface area contributed by atoms with Crippen LogP contribution in [-0.2, 0) is 38.0 Å². The number of aliphatic carboxylic acids is 1. The van der Waals surface area contributed by atoms with Crippen molar-refractivity contribution in [1.29, 1.82) is 0 Å². The van der Waals surface area contributed by atoms with E-state index in [9.17, 15) is 4.79 Å². The lowest BCUT2D eigenvalue weighted by Gasteiger charge is -2.08. The smallest absolute Gasteiger partial charge is 0.329 e. The van der Waals surface area contributed by atoms with Crippen molar-refractivity contribution in [2.75, 3.05) is 92.5 Å². The molecule has 0 radical (unpaired) electrons. The van der Waals surface area contributed by atoms with Crippen molar-refractivity contribution in [3.63, 3.8) is 0 Å². The molecule has 0 bridgehead atoms. The highest BCUT2D eigenvalue weighted by atomic mass is 16.6. The summed E-state index contributed by atoms with van der Waals surface area (Å²) in [5.41, 5.74) is 0. The molecule has 0 aliphatic carbocycles. The molecule has 210 valence electrons. The molecule has 0 saturated carbocycles. The van der Waals surface area contributed by atoms with Crippen LogP contribution in [0, 0.1) is 0 Å². The third-order valence-electron chi connectivity index (χ3n) is 5.10. The zero-order chi connectivity index (χ0) is 25.5. The molecule has 0 heterocycles. The Morgan fingerprint density at radius 3 is 1.06 bits per heavy atom. The average molecular weight is 509 g/mol. The Labute approximate surface area is 213 Å². The lowest BCUT2D eigenvalue weighted by atomic mass is 10.1. The molecule has 35 heavy (non-hydrogen) atoms. The molecule has 0 aliphatic heterocycles. The van der Waals surface area contributed by atoms with Gasteiger partial charge in [0.25, 0.3) is 0 Å². The minimum atomic E-state index is -0.984. The zero-order valence-corrected chi connectivity index (χ0v) is 22.2. The summed E-state index contributed by atoms with van der Waals surface area (Å²) >= 11 is 0. The van der Waals surface area contributed by atoms with Gasteiger partial charge in [-0.15, -0.1) is 0 Å². The summed E-state index contributed by atoms with van der Waals surface area (Å²) in [6, 6.07) is 0. The topological polar surface area (TPSA) is 102 Å². The van der Waals surface area contributed by atoms with E-state index < -0.39 is 5.97 Å². The quantitative estimate of drug-likeness (QED) is 0.139. The second-order valence-electron chi connectivity index (χ2n) is 8.30. The Morgan fingerprint density at radius 2 is 0.714 bits per heavy atom.